The zero-order valence-corrected chi connectivity index (χ0v) is 13.5. The van der Waals surface area contributed by atoms with Crippen LogP contribution in [0.4, 0.5) is 0 Å². The Hall–Kier alpha value is -1.30. The summed E-state index contributed by atoms with van der Waals surface area (Å²) in [6.45, 7) is 16.4. The Morgan fingerprint density at radius 1 is 0.833 bits per heavy atom. The van der Waals surface area contributed by atoms with E-state index >= 15 is 0 Å². The van der Waals surface area contributed by atoms with E-state index in [9.17, 15) is 0 Å². The van der Waals surface area contributed by atoms with Crippen LogP contribution in [0.15, 0.2) is 18.2 Å². The lowest BCUT2D eigenvalue weighted by molar-refractivity contribution is 1.36. The van der Waals surface area contributed by atoms with Crippen LogP contribution in [0.5, 0.6) is 0 Å². The molecule has 0 saturated heterocycles. The van der Waals surface area contributed by atoms with E-state index in [0.29, 0.717) is 0 Å². The van der Waals surface area contributed by atoms with Crippen LogP contribution < -0.4 is 10.4 Å². The van der Waals surface area contributed by atoms with Crippen molar-refractivity contribution in [2.24, 2.45) is 0 Å². The van der Waals surface area contributed by atoms with Gasteiger partial charge in [0, 0.05) is 0 Å². The fourth-order valence-corrected chi connectivity index (χ4v) is 1.72. The summed E-state index contributed by atoms with van der Waals surface area (Å²) >= 11 is 0. The number of hydrogen-bond acceptors (Lipinski definition) is 0. The van der Waals surface area contributed by atoms with Crippen molar-refractivity contribution >= 4 is 18.2 Å². The summed E-state index contributed by atoms with van der Waals surface area (Å²) in [7, 11) is 0. The maximum absolute atomic E-state index is 2.18. The molecule has 0 heterocycles. The second-order valence-corrected chi connectivity index (χ2v) is 3.38. The summed E-state index contributed by atoms with van der Waals surface area (Å²) in [4.78, 5) is 0. The second kappa shape index (κ2) is 12.2. The van der Waals surface area contributed by atoms with Crippen LogP contribution in [0.2, 0.25) is 0 Å². The van der Waals surface area contributed by atoms with Gasteiger partial charge in [0.2, 0.25) is 0 Å². The van der Waals surface area contributed by atoms with Crippen molar-refractivity contribution in [1.29, 1.82) is 0 Å². The minimum Gasteiger partial charge on any atom is -0.0870 e. The lowest BCUT2D eigenvalue weighted by atomic mass is 10.0. The monoisotopic (exact) mass is 246 g/mol. The van der Waals surface area contributed by atoms with E-state index in [2.05, 4.69) is 64.1 Å². The van der Waals surface area contributed by atoms with E-state index < -0.39 is 0 Å². The third-order valence-corrected chi connectivity index (χ3v) is 2.47. The molecular weight excluding hydrogens is 216 g/mol. The van der Waals surface area contributed by atoms with Gasteiger partial charge in [-0.1, -0.05) is 64.1 Å². The van der Waals surface area contributed by atoms with E-state index in [1.54, 1.807) is 0 Å². The molecule has 0 amide bonds. The molecule has 0 fully saturated rings. The van der Waals surface area contributed by atoms with Gasteiger partial charge < -0.3 is 0 Å². The van der Waals surface area contributed by atoms with Crippen LogP contribution in [0.1, 0.15) is 59.6 Å². The molecule has 0 radical (unpaired) electrons. The van der Waals surface area contributed by atoms with E-state index in [1.165, 1.54) is 21.6 Å². The summed E-state index contributed by atoms with van der Waals surface area (Å²) in [5.74, 6) is 0. The third-order valence-electron chi connectivity index (χ3n) is 2.47. The molecule has 1 aromatic carbocycles. The highest BCUT2D eigenvalue weighted by Crippen LogP contribution is 2.01. The average molecular weight is 246 g/mol. The molecule has 102 valence electrons. The first kappa shape index (κ1) is 19.0. The van der Waals surface area contributed by atoms with Gasteiger partial charge in [-0.25, -0.2) is 0 Å². The SMILES string of the molecule is C/C=C\c1c(C)ccc(=C/C)/c1=C\C.CC.CC. The normalized spacial score (nSPS) is 11.8. The van der Waals surface area contributed by atoms with Gasteiger partial charge in [-0.3, -0.25) is 0 Å². The average Bonchev–Trinajstić information content (AvgIpc) is 2.45. The van der Waals surface area contributed by atoms with E-state index in [4.69, 9.17) is 0 Å². The zero-order valence-electron chi connectivity index (χ0n) is 13.5. The standard InChI is InChI=1S/C14H18.2C2H6/c1-5-8-14-11(4)9-10-12(6-2)13(14)7-3;2*1-2/h5-10H,1-4H3;2*1-2H3/b8-5-,12-6-,13-7+;;. The highest BCUT2D eigenvalue weighted by molar-refractivity contribution is 5.56. The van der Waals surface area contributed by atoms with Gasteiger partial charge in [0.1, 0.15) is 0 Å². The molecular formula is C18H30. The third kappa shape index (κ3) is 5.35. The van der Waals surface area contributed by atoms with Crippen LogP contribution in [-0.4, -0.2) is 0 Å². The maximum Gasteiger partial charge on any atom is -0.0155 e. The quantitative estimate of drug-likeness (QED) is 0.675. The number of allylic oxidation sites excluding steroid dienone is 1. The Morgan fingerprint density at radius 2 is 1.39 bits per heavy atom. The zero-order chi connectivity index (χ0) is 14.6. The topological polar surface area (TPSA) is 0 Å². The summed E-state index contributed by atoms with van der Waals surface area (Å²) in [5.41, 5.74) is 2.67. The Kier molecular flexibility index (Phi) is 12.9. The van der Waals surface area contributed by atoms with Crippen LogP contribution in [0.25, 0.3) is 18.2 Å². The minimum absolute atomic E-state index is 1.31. The highest BCUT2D eigenvalue weighted by atomic mass is 14.0. The fraction of sp³-hybridized carbons (Fsp3) is 0.444. The molecule has 0 aliphatic rings. The molecule has 18 heavy (non-hydrogen) atoms. The van der Waals surface area contributed by atoms with Gasteiger partial charge in [0.05, 0.1) is 0 Å². The number of hydrogen-bond donors (Lipinski definition) is 0. The number of rotatable bonds is 1. The van der Waals surface area contributed by atoms with Crippen LogP contribution >= 0.6 is 0 Å². The van der Waals surface area contributed by atoms with E-state index in [-0.39, 0.29) is 0 Å². The van der Waals surface area contributed by atoms with E-state index in [0.717, 1.165) is 0 Å². The summed E-state index contributed by atoms with van der Waals surface area (Å²) in [6.07, 6.45) is 8.60. The molecule has 0 bridgehead atoms. The van der Waals surface area contributed by atoms with Crippen molar-refractivity contribution in [3.8, 4) is 0 Å². The number of benzene rings is 1. The molecule has 0 aliphatic carbocycles. The minimum atomic E-state index is 1.31. The predicted octanol–water partition coefficient (Wildman–Crippen LogP) is 4.68. The highest BCUT2D eigenvalue weighted by Gasteiger charge is 1.95. The largest absolute Gasteiger partial charge is 0.0870 e. The molecule has 0 heteroatoms. The Morgan fingerprint density at radius 3 is 1.78 bits per heavy atom. The molecule has 1 aromatic rings. The lowest BCUT2D eigenvalue weighted by Gasteiger charge is -2.02. The Labute approximate surface area is 114 Å². The molecule has 0 spiro atoms. The molecule has 0 N–H and O–H groups in total. The second-order valence-electron chi connectivity index (χ2n) is 3.38. The lowest BCUT2D eigenvalue weighted by Crippen LogP contribution is -2.27. The van der Waals surface area contributed by atoms with Gasteiger partial charge in [0.25, 0.3) is 0 Å². The van der Waals surface area contributed by atoms with Gasteiger partial charge in [-0.2, -0.15) is 0 Å². The molecule has 0 saturated carbocycles. The van der Waals surface area contributed by atoms with Crippen molar-refractivity contribution in [3.63, 3.8) is 0 Å². The molecule has 0 unspecified atom stereocenters. The van der Waals surface area contributed by atoms with Crippen molar-refractivity contribution in [2.45, 2.75) is 55.4 Å². The Balaban J connectivity index is 0. The summed E-state index contributed by atoms with van der Waals surface area (Å²) in [6, 6.07) is 4.36. The molecule has 0 aromatic heterocycles. The van der Waals surface area contributed by atoms with Crippen LogP contribution in [0.3, 0.4) is 0 Å². The van der Waals surface area contributed by atoms with Crippen LogP contribution in [-0.2, 0) is 0 Å². The van der Waals surface area contributed by atoms with Gasteiger partial charge >= 0.3 is 0 Å². The first-order valence-corrected chi connectivity index (χ1v) is 7.09. The van der Waals surface area contributed by atoms with Gasteiger partial charge in [0.15, 0.2) is 0 Å². The van der Waals surface area contributed by atoms with Crippen molar-refractivity contribution in [1.82, 2.24) is 0 Å². The fourth-order valence-electron chi connectivity index (χ4n) is 1.72. The smallest absolute Gasteiger partial charge is 0.0155 e. The van der Waals surface area contributed by atoms with Crippen molar-refractivity contribution < 1.29 is 0 Å². The Bertz CT molecular complexity index is 448. The van der Waals surface area contributed by atoms with Crippen molar-refractivity contribution in [2.75, 3.05) is 0 Å². The van der Waals surface area contributed by atoms with Gasteiger partial charge in [-0.15, -0.1) is 0 Å². The molecule has 1 rings (SSSR count). The molecule has 0 nitrogen and oxygen atoms in total. The number of aryl methyl sites for hydroxylation is 1. The predicted molar refractivity (Wildman–Crippen MR) is 88.1 cm³/mol. The first-order valence-electron chi connectivity index (χ1n) is 7.09. The van der Waals surface area contributed by atoms with Gasteiger partial charge in [-0.05, 0) is 49.3 Å². The molecule has 0 atom stereocenters. The van der Waals surface area contributed by atoms with Crippen LogP contribution in [0, 0.1) is 6.92 Å². The summed E-state index contributed by atoms with van der Waals surface area (Å²) < 4.78 is 0. The molecule has 0 aliphatic heterocycles. The maximum atomic E-state index is 2.18. The van der Waals surface area contributed by atoms with E-state index in [1.807, 2.05) is 27.7 Å². The van der Waals surface area contributed by atoms with Crippen molar-refractivity contribution in [3.05, 3.63) is 39.8 Å². The summed E-state index contributed by atoms with van der Waals surface area (Å²) in [5, 5.41) is 2.65. The first-order chi connectivity index (χ1) is 8.74.